The van der Waals surface area contributed by atoms with Crippen molar-refractivity contribution in [2.45, 2.75) is 32.3 Å². The van der Waals surface area contributed by atoms with Gasteiger partial charge < -0.3 is 19.5 Å². The van der Waals surface area contributed by atoms with E-state index in [2.05, 4.69) is 53.6 Å². The fourth-order valence-electron chi connectivity index (χ4n) is 4.17. The van der Waals surface area contributed by atoms with Crippen molar-refractivity contribution in [2.75, 3.05) is 24.7 Å². The fraction of sp³-hybridized carbons (Fsp3) is 0.296. The molecule has 5 nitrogen and oxygen atoms in total. The molecule has 0 saturated carbocycles. The predicted octanol–water partition coefficient (Wildman–Crippen LogP) is 5.24. The van der Waals surface area contributed by atoms with Crippen LogP contribution in [0, 0.1) is 0 Å². The van der Waals surface area contributed by atoms with E-state index < -0.39 is 12.1 Å². The molecule has 166 valence electrons. The quantitative estimate of drug-likeness (QED) is 0.589. The lowest BCUT2D eigenvalue weighted by Crippen LogP contribution is -2.26. The second-order valence-corrected chi connectivity index (χ2v) is 7.88. The van der Waals surface area contributed by atoms with Crippen molar-refractivity contribution in [1.82, 2.24) is 0 Å². The number of hydrogen-bond donors (Lipinski definition) is 1. The van der Waals surface area contributed by atoms with E-state index in [0.717, 1.165) is 30.7 Å². The smallest absolute Gasteiger partial charge is 0.333 e. The van der Waals surface area contributed by atoms with Gasteiger partial charge >= 0.3 is 5.97 Å². The maximum absolute atomic E-state index is 11.3. The van der Waals surface area contributed by atoms with Crippen LogP contribution in [0.2, 0.25) is 0 Å². The van der Waals surface area contributed by atoms with Gasteiger partial charge in [-0.2, -0.15) is 0 Å². The van der Waals surface area contributed by atoms with Crippen LogP contribution in [0.4, 0.5) is 5.69 Å². The van der Waals surface area contributed by atoms with Crippen LogP contribution in [0.5, 0.6) is 5.75 Å². The summed E-state index contributed by atoms with van der Waals surface area (Å²) in [6, 6.07) is 16.1. The molecular weight excluding hydrogens is 402 g/mol. The molecule has 2 aromatic carbocycles. The molecular formula is C27H29NO4. The zero-order valence-electron chi connectivity index (χ0n) is 18.4. The van der Waals surface area contributed by atoms with Gasteiger partial charge in [-0.3, -0.25) is 0 Å². The number of fused-ring (bicyclic) bond motifs is 2. The van der Waals surface area contributed by atoms with Crippen LogP contribution >= 0.6 is 0 Å². The molecule has 1 atom stereocenters. The number of nitrogens with zero attached hydrogens (tertiary/aromatic N) is 1. The van der Waals surface area contributed by atoms with Gasteiger partial charge in [0.2, 0.25) is 0 Å². The maximum Gasteiger partial charge on any atom is 0.333 e. The second kappa shape index (κ2) is 10.3. The number of aliphatic carboxylic acids is 1. The minimum atomic E-state index is -0.940. The summed E-state index contributed by atoms with van der Waals surface area (Å²) in [6.45, 7) is 3.44. The minimum absolute atomic E-state index is 0.338. The molecule has 0 bridgehead atoms. The van der Waals surface area contributed by atoms with Crippen LogP contribution in [-0.2, 0) is 16.0 Å². The molecule has 1 aliphatic heterocycles. The molecule has 0 aromatic heterocycles. The Morgan fingerprint density at radius 1 is 1.12 bits per heavy atom. The minimum Gasteiger partial charge on any atom is -0.492 e. The third kappa shape index (κ3) is 5.11. The number of para-hydroxylation sites is 1. The van der Waals surface area contributed by atoms with Crippen molar-refractivity contribution in [3.8, 4) is 5.75 Å². The Bertz CT molecular complexity index is 1040. The number of hydrogen-bond acceptors (Lipinski definition) is 4. The van der Waals surface area contributed by atoms with Gasteiger partial charge in [0.15, 0.2) is 6.10 Å². The zero-order valence-corrected chi connectivity index (χ0v) is 18.4. The van der Waals surface area contributed by atoms with E-state index in [1.807, 2.05) is 24.3 Å². The first-order valence-electron chi connectivity index (χ1n) is 11.2. The number of anilines is 1. The Morgan fingerprint density at radius 3 is 2.72 bits per heavy atom. The number of carboxylic acids is 1. The maximum atomic E-state index is 11.3. The Balaban J connectivity index is 1.37. The lowest BCUT2D eigenvalue weighted by molar-refractivity contribution is -0.149. The monoisotopic (exact) mass is 431 g/mol. The van der Waals surface area contributed by atoms with Crippen LogP contribution in [0.3, 0.4) is 0 Å². The number of rotatable bonds is 9. The van der Waals surface area contributed by atoms with Crippen molar-refractivity contribution < 1.29 is 19.4 Å². The lowest BCUT2D eigenvalue weighted by Gasteiger charge is -2.23. The lowest BCUT2D eigenvalue weighted by atomic mass is 9.91. The first-order valence-corrected chi connectivity index (χ1v) is 11.2. The normalized spacial score (nSPS) is 15.7. The molecule has 1 heterocycles. The van der Waals surface area contributed by atoms with Crippen LogP contribution in [0.15, 0.2) is 78.5 Å². The van der Waals surface area contributed by atoms with Crippen molar-refractivity contribution in [1.29, 1.82) is 0 Å². The first-order chi connectivity index (χ1) is 15.7. The number of ether oxygens (including phenoxy) is 2. The molecule has 4 rings (SSSR count). The van der Waals surface area contributed by atoms with Crippen molar-refractivity contribution in [2.24, 2.45) is 0 Å². The van der Waals surface area contributed by atoms with E-state index in [0.29, 0.717) is 19.6 Å². The van der Waals surface area contributed by atoms with E-state index in [1.54, 1.807) is 6.92 Å². The summed E-state index contributed by atoms with van der Waals surface area (Å²) >= 11 is 0. The summed E-state index contributed by atoms with van der Waals surface area (Å²) in [4.78, 5) is 13.5. The highest BCUT2D eigenvalue weighted by molar-refractivity contribution is 5.84. The number of carboxylic acid groups (broad SMARTS) is 1. The number of allylic oxidation sites excluding steroid dienone is 5. The Kier molecular flexibility index (Phi) is 7.07. The summed E-state index contributed by atoms with van der Waals surface area (Å²) in [5.41, 5.74) is 6.11. The van der Waals surface area contributed by atoms with Gasteiger partial charge in [-0.05, 0) is 60.8 Å². The molecule has 0 saturated heterocycles. The fourth-order valence-corrected chi connectivity index (χ4v) is 4.17. The average Bonchev–Trinajstić information content (AvgIpc) is 2.97. The Morgan fingerprint density at radius 2 is 1.94 bits per heavy atom. The van der Waals surface area contributed by atoms with Crippen molar-refractivity contribution >= 4 is 17.2 Å². The topological polar surface area (TPSA) is 59.0 Å². The molecule has 1 unspecified atom stereocenters. The highest BCUT2D eigenvalue weighted by atomic mass is 16.5. The van der Waals surface area contributed by atoms with E-state index >= 15 is 0 Å². The summed E-state index contributed by atoms with van der Waals surface area (Å²) in [6.07, 6.45) is 10.4. The molecule has 0 radical (unpaired) electrons. The first kappa shape index (κ1) is 21.9. The molecule has 0 spiro atoms. The van der Waals surface area contributed by atoms with E-state index in [9.17, 15) is 9.90 Å². The molecule has 5 heteroatoms. The number of carbonyl (C=O) groups is 1. The standard InChI is InChI=1S/C27H29NO4/c1-2-31-26(27(29)30)19-20-11-13-22(14-12-20)32-18-17-28-16-15-21-7-3-4-8-23(21)24-9-5-6-10-25(24)28/h3,5-7,9-16,26H,2,4,8,17-19H2,1H3,(H,29,30). The molecule has 1 aliphatic carbocycles. The molecule has 1 N–H and O–H groups in total. The van der Waals surface area contributed by atoms with Gasteiger partial charge in [0.1, 0.15) is 12.4 Å². The van der Waals surface area contributed by atoms with Gasteiger partial charge in [0.05, 0.1) is 6.54 Å². The van der Waals surface area contributed by atoms with Crippen LogP contribution in [-0.4, -0.2) is 36.9 Å². The van der Waals surface area contributed by atoms with Gasteiger partial charge in [0.25, 0.3) is 0 Å². The third-order valence-electron chi connectivity index (χ3n) is 5.77. The van der Waals surface area contributed by atoms with Gasteiger partial charge in [-0.15, -0.1) is 0 Å². The van der Waals surface area contributed by atoms with E-state index in [4.69, 9.17) is 9.47 Å². The third-order valence-corrected chi connectivity index (χ3v) is 5.77. The Hall–Kier alpha value is -3.31. The summed E-state index contributed by atoms with van der Waals surface area (Å²) in [5.74, 6) is -0.172. The summed E-state index contributed by atoms with van der Waals surface area (Å²) < 4.78 is 11.3. The summed E-state index contributed by atoms with van der Waals surface area (Å²) in [7, 11) is 0. The summed E-state index contributed by atoms with van der Waals surface area (Å²) in [5, 5.41) is 9.25. The van der Waals surface area contributed by atoms with Crippen LogP contribution in [0.1, 0.15) is 30.9 Å². The zero-order chi connectivity index (χ0) is 22.3. The van der Waals surface area contributed by atoms with Crippen molar-refractivity contribution in [3.05, 3.63) is 89.7 Å². The molecule has 2 aliphatic rings. The van der Waals surface area contributed by atoms with Gasteiger partial charge in [-0.25, -0.2) is 4.79 Å². The number of benzene rings is 2. The predicted molar refractivity (Wildman–Crippen MR) is 127 cm³/mol. The van der Waals surface area contributed by atoms with E-state index in [-0.39, 0.29) is 0 Å². The van der Waals surface area contributed by atoms with Crippen molar-refractivity contribution in [3.63, 3.8) is 0 Å². The second-order valence-electron chi connectivity index (χ2n) is 7.88. The SMILES string of the molecule is CCOC(Cc1ccc(OCCN2C=CC3=C(CCC=C3)c3ccccc32)cc1)C(=O)O. The van der Waals surface area contributed by atoms with E-state index in [1.165, 1.54) is 22.4 Å². The molecule has 0 amide bonds. The van der Waals surface area contributed by atoms with Gasteiger partial charge in [0, 0.05) is 30.5 Å². The molecule has 32 heavy (non-hydrogen) atoms. The highest BCUT2D eigenvalue weighted by Crippen LogP contribution is 2.37. The van der Waals surface area contributed by atoms with Crippen LogP contribution < -0.4 is 9.64 Å². The van der Waals surface area contributed by atoms with Gasteiger partial charge in [-0.1, -0.05) is 42.5 Å². The van der Waals surface area contributed by atoms with Crippen LogP contribution in [0.25, 0.3) is 5.57 Å². The molecule has 0 fully saturated rings. The average molecular weight is 432 g/mol. The largest absolute Gasteiger partial charge is 0.492 e. The molecule has 2 aromatic rings. The Labute approximate surface area is 189 Å². The highest BCUT2D eigenvalue weighted by Gasteiger charge is 2.19.